The number of hydrogen-bond acceptors (Lipinski definition) is 5. The number of nitrogens with one attached hydrogen (secondary N) is 1. The van der Waals surface area contributed by atoms with E-state index in [1.54, 1.807) is 45.0 Å². The summed E-state index contributed by atoms with van der Waals surface area (Å²) >= 11 is 0. The number of furan rings is 1. The van der Waals surface area contributed by atoms with Crippen LogP contribution in [0.1, 0.15) is 39.9 Å². The minimum Gasteiger partial charge on any atom is -0.465 e. The summed E-state index contributed by atoms with van der Waals surface area (Å²) in [7, 11) is 0. The highest BCUT2D eigenvalue weighted by Gasteiger charge is 2.24. The molecule has 0 spiro atoms. The number of nitrogens with zero attached hydrogens (tertiary/aromatic N) is 1. The van der Waals surface area contributed by atoms with Crippen molar-refractivity contribution in [2.45, 2.75) is 33.8 Å². The average Bonchev–Trinajstić information content (AvgIpc) is 2.80. The number of hydrogen-bond donors (Lipinski definition) is 1. The summed E-state index contributed by atoms with van der Waals surface area (Å²) < 4.78 is 10.6. The van der Waals surface area contributed by atoms with Crippen LogP contribution in [-0.2, 0) is 9.53 Å². The Morgan fingerprint density at radius 3 is 2.54 bits per heavy atom. The summed E-state index contributed by atoms with van der Waals surface area (Å²) in [5.74, 6) is 0.0263. The molecule has 0 aliphatic carbocycles. The number of carbonyl (C=O) groups excluding carboxylic acids is 2. The Morgan fingerprint density at radius 1 is 1.25 bits per heavy atom. The van der Waals surface area contributed by atoms with Gasteiger partial charge in [-0.15, -0.1) is 0 Å². The SMILES string of the molecule is Cc1oc(C)c(C(=O)O[C@H](C)C(=O)Nc2cccc(C#N)c2)c1C. The number of nitriles is 1. The fraction of sp³-hybridized carbons (Fsp3) is 0.278. The minimum atomic E-state index is -0.989. The van der Waals surface area contributed by atoms with Gasteiger partial charge in [-0.25, -0.2) is 4.79 Å². The predicted molar refractivity (Wildman–Crippen MR) is 87.6 cm³/mol. The summed E-state index contributed by atoms with van der Waals surface area (Å²) in [6, 6.07) is 8.48. The zero-order chi connectivity index (χ0) is 17.9. The van der Waals surface area contributed by atoms with E-state index < -0.39 is 18.0 Å². The fourth-order valence-electron chi connectivity index (χ4n) is 2.28. The molecule has 0 saturated heterocycles. The summed E-state index contributed by atoms with van der Waals surface area (Å²) in [4.78, 5) is 24.4. The average molecular weight is 326 g/mol. The molecule has 0 aliphatic heterocycles. The molecule has 6 nitrogen and oxygen atoms in total. The van der Waals surface area contributed by atoms with Crippen molar-refractivity contribution in [3.8, 4) is 6.07 Å². The van der Waals surface area contributed by atoms with Crippen molar-refractivity contribution < 1.29 is 18.7 Å². The lowest BCUT2D eigenvalue weighted by atomic mass is 10.1. The first-order valence-electron chi connectivity index (χ1n) is 7.42. The third-order valence-corrected chi connectivity index (χ3v) is 3.68. The van der Waals surface area contributed by atoms with E-state index in [1.165, 1.54) is 6.92 Å². The number of carbonyl (C=O) groups is 2. The number of ether oxygens (including phenoxy) is 1. The van der Waals surface area contributed by atoms with E-state index in [0.29, 0.717) is 33.9 Å². The lowest BCUT2D eigenvalue weighted by Gasteiger charge is -2.13. The van der Waals surface area contributed by atoms with Gasteiger partial charge in [0, 0.05) is 11.3 Å². The van der Waals surface area contributed by atoms with Crippen molar-refractivity contribution in [3.05, 3.63) is 52.5 Å². The molecule has 1 atom stereocenters. The van der Waals surface area contributed by atoms with Crippen LogP contribution in [0.2, 0.25) is 0 Å². The van der Waals surface area contributed by atoms with E-state index in [-0.39, 0.29) is 0 Å². The van der Waals surface area contributed by atoms with Gasteiger partial charge in [-0.1, -0.05) is 6.07 Å². The third kappa shape index (κ3) is 3.63. The number of aryl methyl sites for hydroxylation is 2. The van der Waals surface area contributed by atoms with Gasteiger partial charge in [-0.3, -0.25) is 4.79 Å². The van der Waals surface area contributed by atoms with Crippen LogP contribution >= 0.6 is 0 Å². The molecule has 1 aromatic heterocycles. The molecule has 0 bridgehead atoms. The zero-order valence-electron chi connectivity index (χ0n) is 14.0. The second-order valence-electron chi connectivity index (χ2n) is 5.44. The van der Waals surface area contributed by atoms with E-state index in [9.17, 15) is 9.59 Å². The molecule has 1 amide bonds. The largest absolute Gasteiger partial charge is 0.465 e. The molecule has 0 saturated carbocycles. The van der Waals surface area contributed by atoms with Gasteiger partial charge in [0.1, 0.15) is 17.1 Å². The normalized spacial score (nSPS) is 11.5. The highest BCUT2D eigenvalue weighted by molar-refractivity contribution is 5.98. The first kappa shape index (κ1) is 17.3. The van der Waals surface area contributed by atoms with Gasteiger partial charge < -0.3 is 14.5 Å². The van der Waals surface area contributed by atoms with Gasteiger partial charge in [0.05, 0.1) is 11.6 Å². The monoisotopic (exact) mass is 326 g/mol. The summed E-state index contributed by atoms with van der Waals surface area (Å²) in [5, 5.41) is 11.5. The molecular weight excluding hydrogens is 308 g/mol. The Morgan fingerprint density at radius 2 is 1.96 bits per heavy atom. The van der Waals surface area contributed by atoms with Gasteiger partial charge in [-0.05, 0) is 45.9 Å². The zero-order valence-corrected chi connectivity index (χ0v) is 14.0. The maximum absolute atomic E-state index is 12.3. The molecule has 0 unspecified atom stereocenters. The van der Waals surface area contributed by atoms with Crippen molar-refractivity contribution in [2.24, 2.45) is 0 Å². The van der Waals surface area contributed by atoms with Gasteiger partial charge in [0.25, 0.3) is 5.91 Å². The van der Waals surface area contributed by atoms with Crippen LogP contribution < -0.4 is 5.32 Å². The van der Waals surface area contributed by atoms with Gasteiger partial charge in [0.15, 0.2) is 6.10 Å². The van der Waals surface area contributed by atoms with Crippen molar-refractivity contribution in [2.75, 3.05) is 5.32 Å². The second kappa shape index (κ2) is 7.01. The van der Waals surface area contributed by atoms with E-state index in [2.05, 4.69) is 5.32 Å². The molecule has 1 heterocycles. The number of benzene rings is 1. The second-order valence-corrected chi connectivity index (χ2v) is 5.44. The van der Waals surface area contributed by atoms with Crippen LogP contribution in [0.5, 0.6) is 0 Å². The lowest BCUT2D eigenvalue weighted by molar-refractivity contribution is -0.123. The van der Waals surface area contributed by atoms with E-state index >= 15 is 0 Å². The number of anilines is 1. The molecule has 6 heteroatoms. The summed E-state index contributed by atoms with van der Waals surface area (Å²) in [6.07, 6.45) is -0.989. The molecule has 124 valence electrons. The summed E-state index contributed by atoms with van der Waals surface area (Å²) in [5.41, 5.74) is 1.94. The van der Waals surface area contributed by atoms with Crippen molar-refractivity contribution >= 4 is 17.6 Å². The van der Waals surface area contributed by atoms with E-state index in [1.807, 2.05) is 6.07 Å². The van der Waals surface area contributed by atoms with Crippen molar-refractivity contribution in [3.63, 3.8) is 0 Å². The van der Waals surface area contributed by atoms with Crippen LogP contribution in [0.15, 0.2) is 28.7 Å². The Balaban J connectivity index is 2.06. The van der Waals surface area contributed by atoms with Crippen LogP contribution in [0.25, 0.3) is 0 Å². The van der Waals surface area contributed by atoms with Gasteiger partial charge >= 0.3 is 5.97 Å². The Kier molecular flexibility index (Phi) is 5.05. The molecule has 2 aromatic rings. The van der Waals surface area contributed by atoms with Crippen LogP contribution in [0.3, 0.4) is 0 Å². The van der Waals surface area contributed by atoms with Crippen LogP contribution in [0, 0.1) is 32.1 Å². The maximum Gasteiger partial charge on any atom is 0.342 e. The highest BCUT2D eigenvalue weighted by Crippen LogP contribution is 2.22. The third-order valence-electron chi connectivity index (χ3n) is 3.68. The Hall–Kier alpha value is -3.07. The summed E-state index contributed by atoms with van der Waals surface area (Å²) in [6.45, 7) is 6.69. The standard InChI is InChI=1S/C18H18N2O4/c1-10-11(2)23-12(3)16(10)18(22)24-13(4)17(21)20-15-7-5-6-14(8-15)9-19/h5-8,13H,1-4H3,(H,20,21)/t13-/m1/s1. The molecule has 1 aromatic carbocycles. The topological polar surface area (TPSA) is 92.3 Å². The number of amides is 1. The molecule has 2 rings (SSSR count). The molecule has 0 aliphatic rings. The first-order chi connectivity index (χ1) is 11.3. The highest BCUT2D eigenvalue weighted by atomic mass is 16.5. The molecule has 0 fully saturated rings. The maximum atomic E-state index is 12.3. The fourth-order valence-corrected chi connectivity index (χ4v) is 2.28. The van der Waals surface area contributed by atoms with Crippen molar-refractivity contribution in [1.29, 1.82) is 5.26 Å². The van der Waals surface area contributed by atoms with Crippen molar-refractivity contribution in [1.82, 2.24) is 0 Å². The van der Waals surface area contributed by atoms with Gasteiger partial charge in [-0.2, -0.15) is 5.26 Å². The minimum absolute atomic E-state index is 0.346. The molecule has 1 N–H and O–H groups in total. The molecule has 24 heavy (non-hydrogen) atoms. The Bertz CT molecular complexity index is 830. The number of esters is 1. The van der Waals surface area contributed by atoms with Crippen LogP contribution in [0.4, 0.5) is 5.69 Å². The van der Waals surface area contributed by atoms with Gasteiger partial charge in [0.2, 0.25) is 0 Å². The van der Waals surface area contributed by atoms with Crippen LogP contribution in [-0.4, -0.2) is 18.0 Å². The quantitative estimate of drug-likeness (QED) is 0.871. The van der Waals surface area contributed by atoms with E-state index in [0.717, 1.165) is 0 Å². The smallest absolute Gasteiger partial charge is 0.342 e. The first-order valence-corrected chi connectivity index (χ1v) is 7.42. The lowest BCUT2D eigenvalue weighted by Crippen LogP contribution is -2.30. The molecular formula is C18H18N2O4. The predicted octanol–water partition coefficient (Wildman–Crippen LogP) is 3.26. The molecule has 0 radical (unpaired) electrons. The Labute approximate surface area is 140 Å². The van der Waals surface area contributed by atoms with E-state index in [4.69, 9.17) is 14.4 Å². The number of rotatable bonds is 4.